The molecule has 2 N–H and O–H groups in total. The van der Waals surface area contributed by atoms with Crippen molar-refractivity contribution in [2.75, 3.05) is 19.7 Å². The molecule has 3 heteroatoms. The first-order valence-electron chi connectivity index (χ1n) is 5.75. The molecule has 0 aliphatic heterocycles. The summed E-state index contributed by atoms with van der Waals surface area (Å²) in [6, 6.07) is 9.54. The lowest BCUT2D eigenvalue weighted by atomic mass is 10.1. The molecule has 0 aromatic heterocycles. The van der Waals surface area contributed by atoms with Crippen molar-refractivity contribution in [2.24, 2.45) is 0 Å². The van der Waals surface area contributed by atoms with Crippen LogP contribution in [0.25, 0.3) is 0 Å². The quantitative estimate of drug-likeness (QED) is 0.693. The Bertz CT molecular complexity index is 285. The fraction of sp³-hybridized carbons (Fsp3) is 0.538. The molecule has 0 radical (unpaired) electrons. The number of benzene rings is 1. The molecule has 0 bridgehead atoms. The van der Waals surface area contributed by atoms with Crippen molar-refractivity contribution in [2.45, 2.75) is 25.9 Å². The molecule has 1 unspecified atom stereocenters. The van der Waals surface area contributed by atoms with Gasteiger partial charge in [0.05, 0.1) is 0 Å². The first-order chi connectivity index (χ1) is 7.64. The zero-order valence-corrected chi connectivity index (χ0v) is 10.1. The molecule has 16 heavy (non-hydrogen) atoms. The lowest BCUT2D eigenvalue weighted by molar-refractivity contribution is 0.0125. The Morgan fingerprint density at radius 1 is 1.31 bits per heavy atom. The van der Waals surface area contributed by atoms with Crippen LogP contribution in [0.4, 0.5) is 0 Å². The van der Waals surface area contributed by atoms with E-state index in [1.165, 1.54) is 0 Å². The lowest BCUT2D eigenvalue weighted by Crippen LogP contribution is -2.43. The van der Waals surface area contributed by atoms with Crippen LogP contribution in [0.15, 0.2) is 30.3 Å². The Hall–Kier alpha value is -1.06. The molecule has 0 aliphatic carbocycles. The largest absolute Gasteiger partial charge is 0.491 e. The summed E-state index contributed by atoms with van der Waals surface area (Å²) in [5.41, 5.74) is -0.828. The summed E-state index contributed by atoms with van der Waals surface area (Å²) in [4.78, 5) is 0. The maximum atomic E-state index is 10.0. The summed E-state index contributed by atoms with van der Waals surface area (Å²) in [5.74, 6) is 0.790. The average molecular weight is 223 g/mol. The topological polar surface area (TPSA) is 41.5 Å². The minimum absolute atomic E-state index is 0.299. The number of ether oxygens (including phenoxy) is 1. The van der Waals surface area contributed by atoms with E-state index in [1.807, 2.05) is 30.3 Å². The number of para-hydroxylation sites is 1. The fourth-order valence-corrected chi connectivity index (χ4v) is 1.34. The van der Waals surface area contributed by atoms with Crippen molar-refractivity contribution in [3.63, 3.8) is 0 Å². The molecular formula is C13H21NO2. The molecule has 1 atom stereocenters. The van der Waals surface area contributed by atoms with Crippen LogP contribution in [0.3, 0.4) is 0 Å². The minimum Gasteiger partial charge on any atom is -0.491 e. The number of hydrogen-bond donors (Lipinski definition) is 2. The molecule has 0 fully saturated rings. The van der Waals surface area contributed by atoms with E-state index in [0.29, 0.717) is 13.2 Å². The third-order valence-electron chi connectivity index (χ3n) is 2.23. The molecule has 90 valence electrons. The molecule has 0 saturated heterocycles. The second kappa shape index (κ2) is 6.51. The molecule has 0 spiro atoms. The second-order valence-corrected chi connectivity index (χ2v) is 4.28. The number of hydrogen-bond acceptors (Lipinski definition) is 3. The summed E-state index contributed by atoms with van der Waals surface area (Å²) < 4.78 is 5.51. The predicted octanol–water partition coefficient (Wildman–Crippen LogP) is 1.82. The number of aliphatic hydroxyl groups is 1. The van der Waals surface area contributed by atoms with Crippen molar-refractivity contribution in [1.29, 1.82) is 0 Å². The Kier molecular flexibility index (Phi) is 5.29. The Morgan fingerprint density at radius 3 is 2.62 bits per heavy atom. The highest BCUT2D eigenvalue weighted by Crippen LogP contribution is 2.11. The summed E-state index contributed by atoms with van der Waals surface area (Å²) in [7, 11) is 0. The van der Waals surface area contributed by atoms with Crippen molar-refractivity contribution in [3.8, 4) is 5.75 Å². The Morgan fingerprint density at radius 2 is 2.00 bits per heavy atom. The number of nitrogens with one attached hydrogen (secondary N) is 1. The molecule has 0 saturated carbocycles. The highest BCUT2D eigenvalue weighted by Gasteiger charge is 2.20. The maximum absolute atomic E-state index is 10.0. The van der Waals surface area contributed by atoms with Gasteiger partial charge in [-0.05, 0) is 32.0 Å². The molecule has 1 aromatic carbocycles. The third-order valence-corrected chi connectivity index (χ3v) is 2.23. The van der Waals surface area contributed by atoms with Crippen LogP contribution in [-0.4, -0.2) is 30.4 Å². The van der Waals surface area contributed by atoms with Crippen LogP contribution in [0.1, 0.15) is 20.3 Å². The van der Waals surface area contributed by atoms with E-state index >= 15 is 0 Å². The fourth-order valence-electron chi connectivity index (χ4n) is 1.34. The van der Waals surface area contributed by atoms with Gasteiger partial charge < -0.3 is 15.2 Å². The van der Waals surface area contributed by atoms with Crippen molar-refractivity contribution in [1.82, 2.24) is 5.32 Å². The first kappa shape index (κ1) is 13.0. The molecule has 0 amide bonds. The van der Waals surface area contributed by atoms with Crippen LogP contribution < -0.4 is 10.1 Å². The van der Waals surface area contributed by atoms with E-state index in [9.17, 15) is 5.11 Å². The van der Waals surface area contributed by atoms with E-state index in [1.54, 1.807) is 6.92 Å². The smallest absolute Gasteiger partial charge is 0.119 e. The summed E-state index contributed by atoms with van der Waals surface area (Å²) >= 11 is 0. The molecule has 3 nitrogen and oxygen atoms in total. The van der Waals surface area contributed by atoms with Crippen molar-refractivity contribution < 1.29 is 9.84 Å². The van der Waals surface area contributed by atoms with Crippen LogP contribution in [-0.2, 0) is 0 Å². The van der Waals surface area contributed by atoms with Gasteiger partial charge in [-0.2, -0.15) is 0 Å². The third kappa shape index (κ3) is 5.14. The molecule has 1 rings (SSSR count). The minimum atomic E-state index is -0.828. The Labute approximate surface area is 97.4 Å². The average Bonchev–Trinajstić information content (AvgIpc) is 2.28. The van der Waals surface area contributed by atoms with Gasteiger partial charge in [0.1, 0.15) is 18.0 Å². The van der Waals surface area contributed by atoms with E-state index in [4.69, 9.17) is 4.74 Å². The zero-order valence-electron chi connectivity index (χ0n) is 10.1. The van der Waals surface area contributed by atoms with Gasteiger partial charge in [0.25, 0.3) is 0 Å². The monoisotopic (exact) mass is 223 g/mol. The van der Waals surface area contributed by atoms with Gasteiger partial charge in [0.2, 0.25) is 0 Å². The van der Waals surface area contributed by atoms with E-state index in [-0.39, 0.29) is 0 Å². The highest BCUT2D eigenvalue weighted by atomic mass is 16.5. The summed E-state index contributed by atoms with van der Waals surface area (Å²) in [6.07, 6.45) is 1.07. The van der Waals surface area contributed by atoms with Gasteiger partial charge >= 0.3 is 0 Å². The maximum Gasteiger partial charge on any atom is 0.119 e. The second-order valence-electron chi connectivity index (χ2n) is 4.28. The van der Waals surface area contributed by atoms with Crippen LogP contribution in [0, 0.1) is 0 Å². The first-order valence-corrected chi connectivity index (χ1v) is 5.75. The van der Waals surface area contributed by atoms with Gasteiger partial charge in [-0.25, -0.2) is 0 Å². The number of rotatable bonds is 7. The molecule has 0 aliphatic rings. The van der Waals surface area contributed by atoms with Crippen LogP contribution in [0.5, 0.6) is 5.75 Å². The van der Waals surface area contributed by atoms with Crippen LogP contribution >= 0.6 is 0 Å². The van der Waals surface area contributed by atoms with E-state index in [0.717, 1.165) is 18.7 Å². The van der Waals surface area contributed by atoms with Gasteiger partial charge in [-0.15, -0.1) is 0 Å². The van der Waals surface area contributed by atoms with Crippen LogP contribution in [0.2, 0.25) is 0 Å². The van der Waals surface area contributed by atoms with Crippen molar-refractivity contribution >= 4 is 0 Å². The van der Waals surface area contributed by atoms with Crippen molar-refractivity contribution in [3.05, 3.63) is 30.3 Å². The zero-order chi connectivity index (χ0) is 11.9. The van der Waals surface area contributed by atoms with E-state index < -0.39 is 5.60 Å². The van der Waals surface area contributed by atoms with Gasteiger partial charge in [0, 0.05) is 6.54 Å². The standard InChI is InChI=1S/C13H21NO2/c1-3-9-14-10-13(2,15)11-16-12-7-5-4-6-8-12/h4-8,14-15H,3,9-11H2,1-2H3. The van der Waals surface area contributed by atoms with Gasteiger partial charge in [-0.1, -0.05) is 25.1 Å². The summed E-state index contributed by atoms with van der Waals surface area (Å²) in [5, 5.41) is 13.2. The Balaban J connectivity index is 2.30. The summed E-state index contributed by atoms with van der Waals surface area (Å²) in [6.45, 7) is 5.64. The lowest BCUT2D eigenvalue weighted by Gasteiger charge is -2.23. The molecule has 0 heterocycles. The normalized spacial score (nSPS) is 14.4. The molecule has 1 aromatic rings. The molecular weight excluding hydrogens is 202 g/mol. The van der Waals surface area contributed by atoms with Gasteiger partial charge in [-0.3, -0.25) is 0 Å². The highest BCUT2D eigenvalue weighted by molar-refractivity contribution is 5.21. The predicted molar refractivity (Wildman–Crippen MR) is 65.7 cm³/mol. The van der Waals surface area contributed by atoms with E-state index in [2.05, 4.69) is 12.2 Å². The SMILES string of the molecule is CCCNCC(C)(O)COc1ccccc1. The van der Waals surface area contributed by atoms with Gasteiger partial charge in [0.15, 0.2) is 0 Å².